The molecule has 5 heteroatoms. The van der Waals surface area contributed by atoms with E-state index in [0.29, 0.717) is 48.5 Å². The Morgan fingerprint density at radius 2 is 1.40 bits per heavy atom. The van der Waals surface area contributed by atoms with Crippen LogP contribution in [0.5, 0.6) is 17.2 Å². The van der Waals surface area contributed by atoms with Crippen molar-refractivity contribution >= 4 is 11.6 Å². The summed E-state index contributed by atoms with van der Waals surface area (Å²) in [6.07, 6.45) is 0. The highest BCUT2D eigenvalue weighted by Gasteiger charge is 2.14. The number of para-hydroxylation sites is 4. The minimum absolute atomic E-state index is 0.254. The van der Waals surface area contributed by atoms with Crippen molar-refractivity contribution in [3.8, 4) is 17.2 Å². The van der Waals surface area contributed by atoms with Crippen LogP contribution in [0, 0.1) is 5.92 Å². The summed E-state index contributed by atoms with van der Waals surface area (Å²) in [4.78, 5) is 12.9. The zero-order chi connectivity index (χ0) is 21.2. The van der Waals surface area contributed by atoms with Gasteiger partial charge in [0.2, 0.25) is 0 Å². The second-order valence-corrected chi connectivity index (χ2v) is 7.16. The summed E-state index contributed by atoms with van der Waals surface area (Å²) >= 11 is 0. The molecule has 3 aromatic carbocycles. The molecule has 1 N–H and O–H groups in total. The van der Waals surface area contributed by atoms with Crippen molar-refractivity contribution in [2.24, 2.45) is 5.92 Å². The molecule has 0 heterocycles. The number of anilines is 1. The van der Waals surface area contributed by atoms with Crippen LogP contribution >= 0.6 is 0 Å². The van der Waals surface area contributed by atoms with Gasteiger partial charge in [-0.3, -0.25) is 4.79 Å². The van der Waals surface area contributed by atoms with E-state index in [9.17, 15) is 4.79 Å². The molecule has 0 radical (unpaired) electrons. The van der Waals surface area contributed by atoms with Gasteiger partial charge in [-0.15, -0.1) is 0 Å². The quantitative estimate of drug-likeness (QED) is 0.457. The average Bonchev–Trinajstić information content (AvgIpc) is 2.77. The molecule has 0 aliphatic rings. The fourth-order valence-electron chi connectivity index (χ4n) is 2.75. The first-order chi connectivity index (χ1) is 14.6. The molecule has 30 heavy (non-hydrogen) atoms. The van der Waals surface area contributed by atoms with Gasteiger partial charge >= 0.3 is 0 Å². The summed E-state index contributed by atoms with van der Waals surface area (Å²) in [6, 6.07) is 24.1. The highest BCUT2D eigenvalue weighted by molar-refractivity contribution is 6.06. The Morgan fingerprint density at radius 3 is 2.17 bits per heavy atom. The van der Waals surface area contributed by atoms with E-state index in [1.54, 1.807) is 12.1 Å². The SMILES string of the molecule is CC(C)COc1ccccc1NC(=O)c1ccccc1OCCOc1ccccc1. The second-order valence-electron chi connectivity index (χ2n) is 7.16. The number of benzene rings is 3. The summed E-state index contributed by atoms with van der Waals surface area (Å²) in [5.74, 6) is 2.07. The van der Waals surface area contributed by atoms with Crippen molar-refractivity contribution in [3.05, 3.63) is 84.4 Å². The van der Waals surface area contributed by atoms with Gasteiger partial charge in [0.05, 0.1) is 17.9 Å². The maximum Gasteiger partial charge on any atom is 0.259 e. The van der Waals surface area contributed by atoms with Crippen molar-refractivity contribution in [1.29, 1.82) is 0 Å². The third kappa shape index (κ3) is 6.27. The van der Waals surface area contributed by atoms with Crippen LogP contribution in [0.4, 0.5) is 5.69 Å². The third-order valence-electron chi connectivity index (χ3n) is 4.19. The molecule has 0 saturated carbocycles. The molecule has 0 aliphatic heterocycles. The lowest BCUT2D eigenvalue weighted by molar-refractivity contribution is 0.102. The smallest absolute Gasteiger partial charge is 0.259 e. The van der Waals surface area contributed by atoms with Crippen LogP contribution in [0.15, 0.2) is 78.9 Å². The van der Waals surface area contributed by atoms with Crippen LogP contribution in [0.2, 0.25) is 0 Å². The first-order valence-electron chi connectivity index (χ1n) is 10.1. The third-order valence-corrected chi connectivity index (χ3v) is 4.19. The summed E-state index contributed by atoms with van der Waals surface area (Å²) in [5, 5.41) is 2.93. The number of carbonyl (C=O) groups excluding carboxylic acids is 1. The topological polar surface area (TPSA) is 56.8 Å². The zero-order valence-electron chi connectivity index (χ0n) is 17.3. The second kappa shape index (κ2) is 10.9. The summed E-state index contributed by atoms with van der Waals surface area (Å²) in [5.41, 5.74) is 1.08. The van der Waals surface area contributed by atoms with Crippen LogP contribution in [0.3, 0.4) is 0 Å². The maximum absolute atomic E-state index is 12.9. The van der Waals surface area contributed by atoms with E-state index >= 15 is 0 Å². The standard InChI is InChI=1S/C25H27NO4/c1-19(2)18-30-24-15-9-7-13-22(24)26-25(27)21-12-6-8-14-23(21)29-17-16-28-20-10-4-3-5-11-20/h3-15,19H,16-18H2,1-2H3,(H,26,27). The van der Waals surface area contributed by atoms with Crippen molar-refractivity contribution in [2.45, 2.75) is 13.8 Å². The minimum Gasteiger partial charge on any atom is -0.491 e. The van der Waals surface area contributed by atoms with Gasteiger partial charge in [0.15, 0.2) is 0 Å². The van der Waals surface area contributed by atoms with Crippen molar-refractivity contribution < 1.29 is 19.0 Å². The van der Waals surface area contributed by atoms with E-state index in [-0.39, 0.29) is 5.91 Å². The van der Waals surface area contributed by atoms with Crippen LogP contribution < -0.4 is 19.5 Å². The predicted octanol–water partition coefficient (Wildman–Crippen LogP) is 5.43. The van der Waals surface area contributed by atoms with E-state index in [0.717, 1.165) is 5.75 Å². The highest BCUT2D eigenvalue weighted by atomic mass is 16.5. The maximum atomic E-state index is 12.9. The average molecular weight is 405 g/mol. The number of nitrogens with one attached hydrogen (secondary N) is 1. The molecule has 0 fully saturated rings. The van der Waals surface area contributed by atoms with E-state index in [2.05, 4.69) is 19.2 Å². The number of hydrogen-bond acceptors (Lipinski definition) is 4. The molecule has 0 aromatic heterocycles. The molecule has 0 saturated heterocycles. The summed E-state index contributed by atoms with van der Waals surface area (Å²) in [7, 11) is 0. The van der Waals surface area contributed by atoms with Crippen LogP contribution in [0.25, 0.3) is 0 Å². The van der Waals surface area contributed by atoms with Gasteiger partial charge < -0.3 is 19.5 Å². The number of hydrogen-bond donors (Lipinski definition) is 1. The molecule has 3 aromatic rings. The van der Waals surface area contributed by atoms with Gasteiger partial charge in [-0.1, -0.05) is 56.3 Å². The Morgan fingerprint density at radius 1 is 0.767 bits per heavy atom. The van der Waals surface area contributed by atoms with Gasteiger partial charge in [0.1, 0.15) is 30.5 Å². The van der Waals surface area contributed by atoms with E-state index in [4.69, 9.17) is 14.2 Å². The molecule has 1 amide bonds. The Balaban J connectivity index is 1.61. The molecule has 5 nitrogen and oxygen atoms in total. The monoisotopic (exact) mass is 405 g/mol. The Hall–Kier alpha value is -3.47. The van der Waals surface area contributed by atoms with Crippen molar-refractivity contribution in [3.63, 3.8) is 0 Å². The lowest BCUT2D eigenvalue weighted by Gasteiger charge is -2.15. The van der Waals surface area contributed by atoms with E-state index in [1.165, 1.54) is 0 Å². The van der Waals surface area contributed by atoms with Crippen LogP contribution in [-0.4, -0.2) is 25.7 Å². The molecular weight excluding hydrogens is 378 g/mol. The van der Waals surface area contributed by atoms with Crippen LogP contribution in [-0.2, 0) is 0 Å². The predicted molar refractivity (Wildman–Crippen MR) is 119 cm³/mol. The van der Waals surface area contributed by atoms with Crippen LogP contribution in [0.1, 0.15) is 24.2 Å². The molecule has 3 rings (SSSR count). The lowest BCUT2D eigenvalue weighted by Crippen LogP contribution is -2.16. The largest absolute Gasteiger partial charge is 0.491 e. The number of amides is 1. The van der Waals surface area contributed by atoms with Gasteiger partial charge in [-0.25, -0.2) is 0 Å². The Labute approximate surface area is 177 Å². The first-order valence-corrected chi connectivity index (χ1v) is 10.1. The summed E-state index contributed by atoms with van der Waals surface area (Å²) in [6.45, 7) is 5.44. The minimum atomic E-state index is -0.254. The van der Waals surface area contributed by atoms with Gasteiger partial charge in [-0.2, -0.15) is 0 Å². The van der Waals surface area contributed by atoms with E-state index in [1.807, 2.05) is 66.7 Å². The lowest BCUT2D eigenvalue weighted by atomic mass is 10.1. The molecule has 0 unspecified atom stereocenters. The fourth-order valence-corrected chi connectivity index (χ4v) is 2.75. The van der Waals surface area contributed by atoms with Crippen molar-refractivity contribution in [1.82, 2.24) is 0 Å². The fraction of sp³-hybridized carbons (Fsp3) is 0.240. The normalized spacial score (nSPS) is 10.5. The highest BCUT2D eigenvalue weighted by Crippen LogP contribution is 2.26. The molecule has 0 bridgehead atoms. The molecular formula is C25H27NO4. The number of carbonyl (C=O) groups is 1. The number of ether oxygens (including phenoxy) is 3. The first kappa shape index (κ1) is 21.2. The van der Waals surface area contributed by atoms with Crippen molar-refractivity contribution in [2.75, 3.05) is 25.1 Å². The Kier molecular flexibility index (Phi) is 7.72. The molecule has 0 atom stereocenters. The molecule has 0 spiro atoms. The number of rotatable bonds is 10. The molecule has 156 valence electrons. The van der Waals surface area contributed by atoms with Gasteiger partial charge in [0, 0.05) is 0 Å². The zero-order valence-corrected chi connectivity index (χ0v) is 17.3. The van der Waals surface area contributed by atoms with E-state index < -0.39 is 0 Å². The summed E-state index contributed by atoms with van der Waals surface area (Å²) < 4.78 is 17.3. The van der Waals surface area contributed by atoms with Gasteiger partial charge in [0.25, 0.3) is 5.91 Å². The molecule has 0 aliphatic carbocycles. The van der Waals surface area contributed by atoms with Gasteiger partial charge in [-0.05, 0) is 42.3 Å². The Bertz CT molecular complexity index is 941.